The molecule has 0 fully saturated rings. The van der Waals surface area contributed by atoms with E-state index < -0.39 is 8.80 Å². The summed E-state index contributed by atoms with van der Waals surface area (Å²) in [4.78, 5) is 8.41. The third kappa shape index (κ3) is 6.95. The smallest absolute Gasteiger partial charge is 0.374 e. The molecular weight excluding hydrogens is 284 g/mol. The van der Waals surface area contributed by atoms with E-state index in [1.165, 1.54) is 0 Å². The number of pyridine rings is 1. The highest BCUT2D eigenvalue weighted by Gasteiger charge is 2.39. The van der Waals surface area contributed by atoms with E-state index in [0.717, 1.165) is 24.6 Å². The molecule has 0 radical (unpaired) electrons. The summed E-state index contributed by atoms with van der Waals surface area (Å²) in [6.07, 6.45) is 6.29. The lowest BCUT2D eigenvalue weighted by molar-refractivity contribution is 0.0710. The Hall–Kier alpha value is -1.08. The summed E-state index contributed by atoms with van der Waals surface area (Å²) >= 11 is 0. The molecule has 1 aromatic heterocycles. The Kier molecular flexibility index (Phi) is 9.08. The number of nitrogens with zero attached hydrogens (tertiary/aromatic N) is 2. The van der Waals surface area contributed by atoms with Gasteiger partial charge in [0.15, 0.2) is 0 Å². The van der Waals surface area contributed by atoms with E-state index >= 15 is 0 Å². The summed E-state index contributed by atoms with van der Waals surface area (Å²) in [5.74, 6) is 0. The average molecular weight is 310 g/mol. The first-order chi connectivity index (χ1) is 10.3. The monoisotopic (exact) mass is 310 g/mol. The second kappa shape index (κ2) is 10.6. The molecule has 21 heavy (non-hydrogen) atoms. The molecule has 0 atom stereocenters. The lowest BCUT2D eigenvalue weighted by atomic mass is 10.3. The van der Waals surface area contributed by atoms with Crippen LogP contribution in [0, 0.1) is 0 Å². The third-order valence-corrected chi connectivity index (χ3v) is 5.96. The minimum absolute atomic E-state index is 0.618. The number of hydrogen-bond donors (Lipinski definition) is 0. The van der Waals surface area contributed by atoms with Crippen LogP contribution >= 0.6 is 0 Å². The first-order valence-corrected chi connectivity index (χ1v) is 9.51. The Balaban J connectivity index is 2.43. The predicted octanol–water partition coefficient (Wildman–Crippen LogP) is 2.94. The summed E-state index contributed by atoms with van der Waals surface area (Å²) in [5.41, 5.74) is 1.06. The molecule has 0 aromatic carbocycles. The molecule has 0 N–H and O–H groups in total. The lowest BCUT2D eigenvalue weighted by Crippen LogP contribution is -2.46. The van der Waals surface area contributed by atoms with Crippen molar-refractivity contribution in [1.82, 2.24) is 4.98 Å². The molecule has 5 nitrogen and oxygen atoms in total. The van der Waals surface area contributed by atoms with Gasteiger partial charge in [-0.2, -0.15) is 0 Å². The second-order valence-corrected chi connectivity index (χ2v) is 7.13. The molecule has 0 saturated carbocycles. The van der Waals surface area contributed by atoms with E-state index in [0.29, 0.717) is 19.8 Å². The number of rotatable bonds is 11. The van der Waals surface area contributed by atoms with Crippen molar-refractivity contribution in [3.63, 3.8) is 0 Å². The van der Waals surface area contributed by atoms with Crippen LogP contribution in [0.5, 0.6) is 0 Å². The van der Waals surface area contributed by atoms with Crippen molar-refractivity contribution in [1.29, 1.82) is 0 Å². The van der Waals surface area contributed by atoms with Crippen molar-refractivity contribution < 1.29 is 13.3 Å². The average Bonchev–Trinajstić information content (AvgIpc) is 2.49. The molecular formula is C15H26N2O3Si. The highest BCUT2D eigenvalue weighted by Crippen LogP contribution is 2.18. The van der Waals surface area contributed by atoms with Gasteiger partial charge in [0.2, 0.25) is 0 Å². The van der Waals surface area contributed by atoms with Gasteiger partial charge in [0.1, 0.15) is 0 Å². The van der Waals surface area contributed by atoms with Gasteiger partial charge in [0.25, 0.3) is 0 Å². The Morgan fingerprint density at radius 2 is 1.62 bits per heavy atom. The fraction of sp³-hybridized carbons (Fsp3) is 0.600. The number of aliphatic imine (C=N–C) groups is 1. The zero-order valence-corrected chi connectivity index (χ0v) is 14.2. The van der Waals surface area contributed by atoms with Gasteiger partial charge in [-0.1, -0.05) is 0 Å². The lowest BCUT2D eigenvalue weighted by Gasteiger charge is -2.28. The first-order valence-electron chi connectivity index (χ1n) is 7.58. The van der Waals surface area contributed by atoms with E-state index in [1.54, 1.807) is 12.4 Å². The quantitative estimate of drug-likeness (QED) is 0.358. The zero-order valence-electron chi connectivity index (χ0n) is 13.2. The van der Waals surface area contributed by atoms with Crippen LogP contribution in [0.2, 0.25) is 6.04 Å². The fourth-order valence-electron chi connectivity index (χ4n) is 2.01. The highest BCUT2D eigenvalue weighted by atomic mass is 28.4. The summed E-state index contributed by atoms with van der Waals surface area (Å²) in [5, 5.41) is 0. The van der Waals surface area contributed by atoms with Crippen LogP contribution in [0.1, 0.15) is 32.8 Å². The zero-order chi connectivity index (χ0) is 15.4. The minimum atomic E-state index is -2.51. The molecule has 0 aliphatic carbocycles. The molecule has 1 rings (SSSR count). The van der Waals surface area contributed by atoms with Gasteiger partial charge in [-0.3, -0.25) is 9.98 Å². The SMILES string of the molecule is CCO[Si](CCCN=Cc1ccncc1)(OCC)OCC. The third-order valence-electron chi connectivity index (χ3n) is 2.81. The molecule has 0 aliphatic rings. The van der Waals surface area contributed by atoms with Crippen molar-refractivity contribution in [3.05, 3.63) is 30.1 Å². The maximum Gasteiger partial charge on any atom is 0.500 e. The molecule has 118 valence electrons. The Bertz CT molecular complexity index is 384. The Labute approximate surface area is 128 Å². The fourth-order valence-corrected chi connectivity index (χ4v) is 4.60. The molecule has 0 unspecified atom stereocenters. The van der Waals surface area contributed by atoms with E-state index in [1.807, 2.05) is 39.1 Å². The van der Waals surface area contributed by atoms with Crippen LogP contribution in [0.25, 0.3) is 0 Å². The Morgan fingerprint density at radius 3 is 2.14 bits per heavy atom. The topological polar surface area (TPSA) is 52.9 Å². The van der Waals surface area contributed by atoms with Crippen LogP contribution in [-0.4, -0.2) is 46.4 Å². The minimum Gasteiger partial charge on any atom is -0.374 e. The van der Waals surface area contributed by atoms with Gasteiger partial charge in [0, 0.05) is 51.0 Å². The van der Waals surface area contributed by atoms with Crippen LogP contribution in [0.3, 0.4) is 0 Å². The molecule has 0 spiro atoms. The van der Waals surface area contributed by atoms with Crippen molar-refractivity contribution in [2.75, 3.05) is 26.4 Å². The Morgan fingerprint density at radius 1 is 1.05 bits per heavy atom. The summed E-state index contributed by atoms with van der Waals surface area (Å²) in [6.45, 7) is 8.51. The van der Waals surface area contributed by atoms with Gasteiger partial charge < -0.3 is 13.3 Å². The van der Waals surface area contributed by atoms with E-state index in [9.17, 15) is 0 Å². The van der Waals surface area contributed by atoms with Crippen molar-refractivity contribution in [3.8, 4) is 0 Å². The van der Waals surface area contributed by atoms with Crippen LogP contribution in [-0.2, 0) is 13.3 Å². The maximum atomic E-state index is 5.81. The predicted molar refractivity (Wildman–Crippen MR) is 86.8 cm³/mol. The largest absolute Gasteiger partial charge is 0.500 e. The summed E-state index contributed by atoms with van der Waals surface area (Å²) in [6, 6.07) is 4.67. The van der Waals surface area contributed by atoms with Crippen LogP contribution in [0.15, 0.2) is 29.5 Å². The number of aromatic nitrogens is 1. The van der Waals surface area contributed by atoms with Crippen molar-refractivity contribution in [2.45, 2.75) is 33.2 Å². The summed E-state index contributed by atoms with van der Waals surface area (Å²) < 4.78 is 17.4. The molecule has 0 saturated heterocycles. The van der Waals surface area contributed by atoms with Gasteiger partial charge in [-0.15, -0.1) is 0 Å². The molecule has 0 amide bonds. The van der Waals surface area contributed by atoms with Crippen LogP contribution in [0.4, 0.5) is 0 Å². The molecule has 6 heteroatoms. The van der Waals surface area contributed by atoms with Crippen LogP contribution < -0.4 is 0 Å². The maximum absolute atomic E-state index is 5.81. The molecule has 0 aliphatic heterocycles. The highest BCUT2D eigenvalue weighted by molar-refractivity contribution is 6.60. The van der Waals surface area contributed by atoms with Gasteiger partial charge >= 0.3 is 8.80 Å². The van der Waals surface area contributed by atoms with E-state index in [2.05, 4.69) is 9.98 Å². The van der Waals surface area contributed by atoms with E-state index in [4.69, 9.17) is 13.3 Å². The summed E-state index contributed by atoms with van der Waals surface area (Å²) in [7, 11) is -2.51. The molecule has 0 bridgehead atoms. The van der Waals surface area contributed by atoms with Crippen molar-refractivity contribution >= 4 is 15.0 Å². The second-order valence-electron chi connectivity index (χ2n) is 4.40. The van der Waals surface area contributed by atoms with Gasteiger partial charge in [-0.25, -0.2) is 0 Å². The molecule has 1 heterocycles. The first kappa shape index (κ1) is 18.0. The van der Waals surface area contributed by atoms with Crippen molar-refractivity contribution in [2.24, 2.45) is 4.99 Å². The normalized spacial score (nSPS) is 12.1. The molecule has 1 aromatic rings. The standard InChI is InChI=1S/C15H26N2O3Si/c1-4-18-21(19-5-2,20-6-3)13-7-10-17-14-15-8-11-16-12-9-15/h8-9,11-12,14H,4-7,10,13H2,1-3H3. The number of hydrogen-bond acceptors (Lipinski definition) is 5. The van der Waals surface area contributed by atoms with Gasteiger partial charge in [0.05, 0.1) is 0 Å². The van der Waals surface area contributed by atoms with E-state index in [-0.39, 0.29) is 0 Å². The van der Waals surface area contributed by atoms with Gasteiger partial charge in [-0.05, 0) is 44.9 Å².